The number of carbonyl (C=O) groups is 1. The van der Waals surface area contributed by atoms with Crippen LogP contribution in [-0.2, 0) is 9.36 Å². The van der Waals surface area contributed by atoms with Gasteiger partial charge in [0.1, 0.15) is 0 Å². The van der Waals surface area contributed by atoms with E-state index in [9.17, 15) is 4.79 Å². The molecule has 7 heteroatoms. The molecule has 0 rings (SSSR count). The van der Waals surface area contributed by atoms with Crippen molar-refractivity contribution in [3.8, 4) is 0 Å². The Morgan fingerprint density at radius 3 is 1.50 bits per heavy atom. The predicted octanol–water partition coefficient (Wildman–Crippen LogP) is 5.33. The molecule has 6 nitrogen and oxygen atoms in total. The molecular formula is C21H45NO5P+. The second-order valence-electron chi connectivity index (χ2n) is 8.25. The first-order valence-electron chi connectivity index (χ1n) is 10.8. The number of rotatable bonds is 15. The van der Waals surface area contributed by atoms with Crippen molar-refractivity contribution in [3.63, 3.8) is 0 Å². The van der Waals surface area contributed by atoms with Gasteiger partial charge in [-0.05, 0) is 32.1 Å². The Balaban J connectivity index is 0. The van der Waals surface area contributed by atoms with E-state index in [1.54, 1.807) is 0 Å². The number of hydrogen-bond donors (Lipinski definition) is 3. The first-order chi connectivity index (χ1) is 13.0. The Morgan fingerprint density at radius 2 is 1.11 bits per heavy atom. The van der Waals surface area contributed by atoms with Crippen molar-refractivity contribution in [1.29, 1.82) is 0 Å². The molecule has 0 aromatic rings. The van der Waals surface area contributed by atoms with Crippen LogP contribution in [0.1, 0.15) is 96.8 Å². The summed E-state index contributed by atoms with van der Waals surface area (Å²) in [6, 6.07) is 0. The SMILES string of the molecule is CCCCCCCC/C=C\CCCCCCCC(=O)[N+](C)(C)C.O=P(O)(O)O. The van der Waals surface area contributed by atoms with Gasteiger partial charge >= 0.3 is 13.7 Å². The van der Waals surface area contributed by atoms with Gasteiger partial charge in [0.05, 0.1) is 27.6 Å². The third-order valence-electron chi connectivity index (χ3n) is 4.40. The highest BCUT2D eigenvalue weighted by molar-refractivity contribution is 7.45. The summed E-state index contributed by atoms with van der Waals surface area (Å²) in [5, 5.41) is 0. The highest BCUT2D eigenvalue weighted by atomic mass is 31.2. The third-order valence-corrected chi connectivity index (χ3v) is 4.40. The number of carbonyl (C=O) groups excluding carboxylic acids is 1. The molecule has 0 unspecified atom stereocenters. The van der Waals surface area contributed by atoms with Gasteiger partial charge in [-0.2, -0.15) is 0 Å². The van der Waals surface area contributed by atoms with Crippen molar-refractivity contribution in [3.05, 3.63) is 12.2 Å². The van der Waals surface area contributed by atoms with Gasteiger partial charge in [-0.3, -0.25) is 4.48 Å². The molecule has 28 heavy (non-hydrogen) atoms. The Kier molecular flexibility index (Phi) is 19.6. The third kappa shape index (κ3) is 30.2. The van der Waals surface area contributed by atoms with Crippen molar-refractivity contribution >= 4 is 13.7 Å². The van der Waals surface area contributed by atoms with E-state index in [1.165, 1.54) is 77.0 Å². The lowest BCUT2D eigenvalue weighted by Gasteiger charge is -2.20. The summed E-state index contributed by atoms with van der Waals surface area (Å²) in [5.74, 6) is 0.350. The molecule has 168 valence electrons. The zero-order valence-electron chi connectivity index (χ0n) is 18.6. The fraction of sp³-hybridized carbons (Fsp3) is 0.857. The molecule has 3 N–H and O–H groups in total. The van der Waals surface area contributed by atoms with E-state index in [4.69, 9.17) is 19.2 Å². The van der Waals surface area contributed by atoms with Crippen molar-refractivity contribution < 1.29 is 28.5 Å². The summed E-state index contributed by atoms with van der Waals surface area (Å²) in [6.07, 6.45) is 22.4. The predicted molar refractivity (Wildman–Crippen MR) is 117 cm³/mol. The molecule has 0 radical (unpaired) electrons. The summed E-state index contributed by atoms with van der Waals surface area (Å²) in [6.45, 7) is 2.27. The zero-order chi connectivity index (χ0) is 21.9. The standard InChI is InChI=1S/C21H42NO.H3O4P/c1-5-6-7-8-9-10-11-12-13-14-15-16-17-18-19-20-21(23)22(2,3)4;1-5(2,3)4/h12-13H,5-11,14-20H2,1-4H3;(H3,1,2,3,4)/q+1;/b13-12-;. The van der Waals surface area contributed by atoms with Gasteiger partial charge < -0.3 is 14.7 Å². The lowest BCUT2D eigenvalue weighted by Crippen LogP contribution is -2.40. The maximum atomic E-state index is 11.8. The maximum absolute atomic E-state index is 11.8. The fourth-order valence-electron chi connectivity index (χ4n) is 2.68. The Hall–Kier alpha value is -0.520. The summed E-state index contributed by atoms with van der Waals surface area (Å²) < 4.78 is 9.34. The van der Waals surface area contributed by atoms with E-state index in [-0.39, 0.29) is 0 Å². The number of allylic oxidation sites excluding steroid dienone is 2. The van der Waals surface area contributed by atoms with Crippen LogP contribution in [-0.4, -0.2) is 46.2 Å². The Bertz CT molecular complexity index is 432. The molecule has 0 heterocycles. The lowest BCUT2D eigenvalue weighted by molar-refractivity contribution is -0.792. The molecule has 0 atom stereocenters. The average Bonchev–Trinajstić information content (AvgIpc) is 2.55. The molecule has 0 bridgehead atoms. The van der Waals surface area contributed by atoms with Crippen molar-refractivity contribution in [2.45, 2.75) is 96.8 Å². The van der Waals surface area contributed by atoms with E-state index in [2.05, 4.69) is 19.1 Å². The number of nitrogens with zero attached hydrogens (tertiary/aromatic N) is 1. The number of quaternary nitrogens is 1. The lowest BCUT2D eigenvalue weighted by atomic mass is 10.1. The van der Waals surface area contributed by atoms with Gasteiger partial charge in [0.2, 0.25) is 0 Å². The number of hydrogen-bond acceptors (Lipinski definition) is 2. The molecule has 1 amide bonds. The molecule has 0 aliphatic carbocycles. The van der Waals surface area contributed by atoms with Crippen LogP contribution in [0.25, 0.3) is 0 Å². The minimum atomic E-state index is -4.64. The highest BCUT2D eigenvalue weighted by Gasteiger charge is 2.18. The summed E-state index contributed by atoms with van der Waals surface area (Å²) in [7, 11) is 1.24. The van der Waals surface area contributed by atoms with Crippen LogP contribution < -0.4 is 0 Å². The van der Waals surface area contributed by atoms with Gasteiger partial charge in [-0.15, -0.1) is 0 Å². The van der Waals surface area contributed by atoms with Gasteiger partial charge in [0, 0.05) is 0 Å². The van der Waals surface area contributed by atoms with E-state index in [0.29, 0.717) is 10.4 Å². The first-order valence-corrected chi connectivity index (χ1v) is 12.3. The minimum absolute atomic E-state index is 0.350. The Morgan fingerprint density at radius 1 is 0.750 bits per heavy atom. The van der Waals surface area contributed by atoms with Crippen LogP contribution in [0, 0.1) is 0 Å². The van der Waals surface area contributed by atoms with Crippen LogP contribution >= 0.6 is 7.82 Å². The van der Waals surface area contributed by atoms with Crippen molar-refractivity contribution in [2.75, 3.05) is 21.1 Å². The van der Waals surface area contributed by atoms with Crippen LogP contribution in [0.15, 0.2) is 12.2 Å². The molecular weight excluding hydrogens is 377 g/mol. The molecule has 0 saturated heterocycles. The normalized spacial score (nSPS) is 12.1. The van der Waals surface area contributed by atoms with E-state index in [1.807, 2.05) is 21.1 Å². The van der Waals surface area contributed by atoms with E-state index in [0.717, 1.165) is 12.8 Å². The van der Waals surface area contributed by atoms with Crippen LogP contribution in [0.3, 0.4) is 0 Å². The smallest absolute Gasteiger partial charge is 0.303 e. The molecule has 0 spiro atoms. The van der Waals surface area contributed by atoms with E-state index >= 15 is 0 Å². The topological polar surface area (TPSA) is 94.8 Å². The molecule has 0 aliphatic rings. The van der Waals surface area contributed by atoms with Crippen LogP contribution in [0.2, 0.25) is 0 Å². The van der Waals surface area contributed by atoms with Gasteiger partial charge in [0.15, 0.2) is 0 Å². The van der Waals surface area contributed by atoms with Gasteiger partial charge in [-0.25, -0.2) is 9.36 Å². The monoisotopic (exact) mass is 422 g/mol. The number of amides is 1. The fourth-order valence-corrected chi connectivity index (χ4v) is 2.68. The first kappa shape index (κ1) is 29.7. The highest BCUT2D eigenvalue weighted by Crippen LogP contribution is 2.25. The van der Waals surface area contributed by atoms with Gasteiger partial charge in [0.25, 0.3) is 0 Å². The quantitative estimate of drug-likeness (QED) is 0.144. The molecule has 0 saturated carbocycles. The molecule has 0 aromatic carbocycles. The van der Waals surface area contributed by atoms with Gasteiger partial charge in [-0.1, -0.05) is 70.4 Å². The van der Waals surface area contributed by atoms with Crippen LogP contribution in [0.4, 0.5) is 0 Å². The molecule has 0 fully saturated rings. The molecule has 0 aliphatic heterocycles. The molecule has 0 aromatic heterocycles. The largest absolute Gasteiger partial charge is 0.466 e. The zero-order valence-corrected chi connectivity index (χ0v) is 19.5. The summed E-state index contributed by atoms with van der Waals surface area (Å²) in [5.41, 5.74) is 0. The van der Waals surface area contributed by atoms with Crippen molar-refractivity contribution in [1.82, 2.24) is 0 Å². The van der Waals surface area contributed by atoms with Crippen molar-refractivity contribution in [2.24, 2.45) is 0 Å². The second-order valence-corrected chi connectivity index (χ2v) is 9.28. The number of unbranched alkanes of at least 4 members (excludes halogenated alkanes) is 11. The maximum Gasteiger partial charge on any atom is 0.466 e. The minimum Gasteiger partial charge on any atom is -0.303 e. The summed E-state index contributed by atoms with van der Waals surface area (Å²) in [4.78, 5) is 33.3. The second kappa shape index (κ2) is 18.5. The van der Waals surface area contributed by atoms with E-state index < -0.39 is 7.82 Å². The average molecular weight is 423 g/mol. The van der Waals surface area contributed by atoms with Crippen LogP contribution in [0.5, 0.6) is 0 Å². The Labute approximate surface area is 172 Å². The number of phosphoric acid groups is 1. The summed E-state index contributed by atoms with van der Waals surface area (Å²) >= 11 is 0.